The molecule has 0 amide bonds. The van der Waals surface area contributed by atoms with Crippen molar-refractivity contribution >= 4 is 5.82 Å². The Labute approximate surface area is 119 Å². The molecule has 2 aromatic rings. The summed E-state index contributed by atoms with van der Waals surface area (Å²) in [7, 11) is 3.31. The van der Waals surface area contributed by atoms with Crippen LogP contribution in [-0.4, -0.2) is 25.7 Å². The minimum atomic E-state index is 0.783. The van der Waals surface area contributed by atoms with Gasteiger partial charge < -0.3 is 14.8 Å². The minimum absolute atomic E-state index is 0.783. The smallest absolute Gasteiger partial charge is 0.128 e. The van der Waals surface area contributed by atoms with Gasteiger partial charge in [-0.1, -0.05) is 13.0 Å². The van der Waals surface area contributed by atoms with Gasteiger partial charge in [0, 0.05) is 12.1 Å². The first-order valence-electron chi connectivity index (χ1n) is 6.71. The van der Waals surface area contributed by atoms with E-state index < -0.39 is 0 Å². The monoisotopic (exact) mass is 272 g/mol. The minimum Gasteiger partial charge on any atom is -0.497 e. The van der Waals surface area contributed by atoms with Crippen LogP contribution in [0.15, 0.2) is 36.4 Å². The number of ether oxygens (including phenoxy) is 2. The maximum absolute atomic E-state index is 5.40. The van der Waals surface area contributed by atoms with Crippen LogP contribution in [0.1, 0.15) is 13.3 Å². The number of rotatable bonds is 6. The number of benzene rings is 1. The zero-order valence-electron chi connectivity index (χ0n) is 12.1. The van der Waals surface area contributed by atoms with E-state index >= 15 is 0 Å². The van der Waals surface area contributed by atoms with Gasteiger partial charge in [0.2, 0.25) is 0 Å². The Hall–Kier alpha value is -2.23. The summed E-state index contributed by atoms with van der Waals surface area (Å²) < 4.78 is 10.7. The van der Waals surface area contributed by atoms with Crippen molar-refractivity contribution < 1.29 is 9.47 Å². The predicted molar refractivity (Wildman–Crippen MR) is 81.6 cm³/mol. The molecule has 0 spiro atoms. The van der Waals surface area contributed by atoms with E-state index in [-0.39, 0.29) is 0 Å². The molecule has 0 bridgehead atoms. The van der Waals surface area contributed by atoms with E-state index in [9.17, 15) is 0 Å². The molecule has 1 heterocycles. The molecule has 4 nitrogen and oxygen atoms in total. The van der Waals surface area contributed by atoms with Crippen molar-refractivity contribution in [3.05, 3.63) is 36.4 Å². The van der Waals surface area contributed by atoms with E-state index in [2.05, 4.69) is 17.2 Å². The Morgan fingerprint density at radius 2 is 1.95 bits per heavy atom. The molecule has 1 aromatic carbocycles. The molecule has 20 heavy (non-hydrogen) atoms. The van der Waals surface area contributed by atoms with Crippen LogP contribution in [0.3, 0.4) is 0 Å². The maximum atomic E-state index is 5.40. The van der Waals surface area contributed by atoms with Crippen molar-refractivity contribution in [1.29, 1.82) is 0 Å². The van der Waals surface area contributed by atoms with Crippen LogP contribution >= 0.6 is 0 Å². The second-order valence-corrected chi connectivity index (χ2v) is 4.40. The number of aromatic nitrogens is 1. The Balaban J connectivity index is 2.39. The van der Waals surface area contributed by atoms with Crippen LogP contribution in [0.4, 0.5) is 5.82 Å². The van der Waals surface area contributed by atoms with Crippen molar-refractivity contribution in [2.75, 3.05) is 26.1 Å². The highest BCUT2D eigenvalue weighted by molar-refractivity contribution is 5.70. The number of pyridine rings is 1. The van der Waals surface area contributed by atoms with Crippen LogP contribution in [-0.2, 0) is 0 Å². The lowest BCUT2D eigenvalue weighted by Gasteiger charge is -2.11. The molecular formula is C16H20N2O2. The topological polar surface area (TPSA) is 43.4 Å². The zero-order valence-corrected chi connectivity index (χ0v) is 12.1. The van der Waals surface area contributed by atoms with E-state index in [1.165, 1.54) is 0 Å². The molecular weight excluding hydrogens is 252 g/mol. The van der Waals surface area contributed by atoms with Gasteiger partial charge in [-0.15, -0.1) is 0 Å². The first-order chi connectivity index (χ1) is 9.78. The predicted octanol–water partition coefficient (Wildman–Crippen LogP) is 3.59. The number of anilines is 1. The summed E-state index contributed by atoms with van der Waals surface area (Å²) in [6.45, 7) is 3.04. The summed E-state index contributed by atoms with van der Waals surface area (Å²) >= 11 is 0. The molecule has 0 atom stereocenters. The van der Waals surface area contributed by atoms with Gasteiger partial charge in [-0.3, -0.25) is 0 Å². The summed E-state index contributed by atoms with van der Waals surface area (Å²) in [5.74, 6) is 2.44. The van der Waals surface area contributed by atoms with Gasteiger partial charge in [0.05, 0.1) is 19.9 Å². The summed E-state index contributed by atoms with van der Waals surface area (Å²) in [4.78, 5) is 4.62. The van der Waals surface area contributed by atoms with Gasteiger partial charge in [0.15, 0.2) is 0 Å². The lowest BCUT2D eigenvalue weighted by molar-refractivity contribution is 0.404. The number of nitrogens with zero attached hydrogens (tertiary/aromatic N) is 1. The Bertz CT molecular complexity index is 570. The number of nitrogens with one attached hydrogen (secondary N) is 1. The largest absolute Gasteiger partial charge is 0.497 e. The lowest BCUT2D eigenvalue weighted by atomic mass is 10.1. The fourth-order valence-electron chi connectivity index (χ4n) is 1.95. The molecule has 1 N–H and O–H groups in total. The zero-order chi connectivity index (χ0) is 14.4. The van der Waals surface area contributed by atoms with E-state index in [0.29, 0.717) is 0 Å². The molecule has 0 aliphatic rings. The van der Waals surface area contributed by atoms with E-state index in [4.69, 9.17) is 9.47 Å². The molecule has 0 saturated carbocycles. The molecule has 0 aliphatic heterocycles. The average Bonchev–Trinajstić information content (AvgIpc) is 2.52. The van der Waals surface area contributed by atoms with Gasteiger partial charge in [-0.2, -0.15) is 0 Å². The van der Waals surface area contributed by atoms with Crippen molar-refractivity contribution in [3.8, 4) is 22.8 Å². The maximum Gasteiger partial charge on any atom is 0.128 e. The SMILES string of the molecule is CCCNc1cccc(-c2cc(OC)ccc2OC)n1. The highest BCUT2D eigenvalue weighted by Crippen LogP contribution is 2.32. The number of methoxy groups -OCH3 is 2. The van der Waals surface area contributed by atoms with Crippen molar-refractivity contribution in [1.82, 2.24) is 4.98 Å². The lowest BCUT2D eigenvalue weighted by Crippen LogP contribution is -2.02. The first kappa shape index (κ1) is 14.2. The molecule has 0 unspecified atom stereocenters. The number of hydrogen-bond donors (Lipinski definition) is 1. The van der Waals surface area contributed by atoms with Crippen LogP contribution < -0.4 is 14.8 Å². The quantitative estimate of drug-likeness (QED) is 0.872. The van der Waals surface area contributed by atoms with Crippen LogP contribution in [0.2, 0.25) is 0 Å². The van der Waals surface area contributed by atoms with Gasteiger partial charge in [0.1, 0.15) is 17.3 Å². The molecule has 106 valence electrons. The molecule has 4 heteroatoms. The van der Waals surface area contributed by atoms with Crippen molar-refractivity contribution in [3.63, 3.8) is 0 Å². The molecule has 0 aliphatic carbocycles. The highest BCUT2D eigenvalue weighted by Gasteiger charge is 2.09. The summed E-state index contributed by atoms with van der Waals surface area (Å²) in [6.07, 6.45) is 1.06. The van der Waals surface area contributed by atoms with Crippen molar-refractivity contribution in [2.45, 2.75) is 13.3 Å². The van der Waals surface area contributed by atoms with Gasteiger partial charge in [-0.05, 0) is 36.8 Å². The van der Waals surface area contributed by atoms with Gasteiger partial charge in [-0.25, -0.2) is 4.98 Å². The normalized spacial score (nSPS) is 10.2. The van der Waals surface area contributed by atoms with Gasteiger partial charge >= 0.3 is 0 Å². The van der Waals surface area contributed by atoms with E-state index in [1.54, 1.807) is 14.2 Å². The Kier molecular flexibility index (Phi) is 4.82. The third-order valence-electron chi connectivity index (χ3n) is 2.99. The fraction of sp³-hybridized carbons (Fsp3) is 0.312. The molecule has 0 fully saturated rings. The third kappa shape index (κ3) is 3.20. The molecule has 2 rings (SSSR count). The summed E-state index contributed by atoms with van der Waals surface area (Å²) in [5.41, 5.74) is 1.79. The first-order valence-corrected chi connectivity index (χ1v) is 6.71. The number of hydrogen-bond acceptors (Lipinski definition) is 4. The molecule has 0 radical (unpaired) electrons. The second-order valence-electron chi connectivity index (χ2n) is 4.40. The average molecular weight is 272 g/mol. The van der Waals surface area contributed by atoms with E-state index in [0.717, 1.165) is 41.5 Å². The Morgan fingerprint density at radius 1 is 1.10 bits per heavy atom. The van der Waals surface area contributed by atoms with Crippen LogP contribution in [0.5, 0.6) is 11.5 Å². The molecule has 1 aromatic heterocycles. The molecule has 0 saturated heterocycles. The van der Waals surface area contributed by atoms with Crippen LogP contribution in [0, 0.1) is 0 Å². The third-order valence-corrected chi connectivity index (χ3v) is 2.99. The summed E-state index contributed by atoms with van der Waals surface area (Å²) in [6, 6.07) is 11.6. The van der Waals surface area contributed by atoms with Gasteiger partial charge in [0.25, 0.3) is 0 Å². The van der Waals surface area contributed by atoms with Crippen molar-refractivity contribution in [2.24, 2.45) is 0 Å². The highest BCUT2D eigenvalue weighted by atomic mass is 16.5. The second kappa shape index (κ2) is 6.80. The summed E-state index contributed by atoms with van der Waals surface area (Å²) in [5, 5.41) is 3.29. The Morgan fingerprint density at radius 3 is 2.65 bits per heavy atom. The van der Waals surface area contributed by atoms with Crippen LogP contribution in [0.25, 0.3) is 11.3 Å². The standard InChI is InChI=1S/C16H20N2O2/c1-4-10-17-16-7-5-6-14(18-16)13-11-12(19-2)8-9-15(13)20-3/h5-9,11H,4,10H2,1-3H3,(H,17,18). The van der Waals surface area contributed by atoms with E-state index in [1.807, 2.05) is 36.4 Å². The fourth-order valence-corrected chi connectivity index (χ4v) is 1.95.